The predicted molar refractivity (Wildman–Crippen MR) is 158 cm³/mol. The molecule has 2 N–H and O–H groups in total. The molecule has 0 radical (unpaired) electrons. The number of benzene rings is 1. The van der Waals surface area contributed by atoms with Gasteiger partial charge in [-0.15, -0.1) is 0 Å². The first-order valence-electron chi connectivity index (χ1n) is 15.5. The number of aliphatic hydroxyl groups excluding tert-OH is 1. The zero-order valence-corrected chi connectivity index (χ0v) is 25.0. The number of aliphatic hydroxyl groups is 1. The lowest BCUT2D eigenvalue weighted by Crippen LogP contribution is -2.57. The van der Waals surface area contributed by atoms with Crippen molar-refractivity contribution in [1.29, 1.82) is 0 Å². The third-order valence-corrected chi connectivity index (χ3v) is 9.01. The first kappa shape index (κ1) is 30.9. The number of likely N-dealkylation sites (tertiary alicyclic amines) is 1. The van der Waals surface area contributed by atoms with Gasteiger partial charge in [-0.05, 0) is 38.7 Å². The van der Waals surface area contributed by atoms with Crippen molar-refractivity contribution in [1.82, 2.24) is 15.1 Å². The van der Waals surface area contributed by atoms with Gasteiger partial charge in [-0.3, -0.25) is 19.2 Å². The largest absolute Gasteiger partial charge is 0.455 e. The topological polar surface area (TPSA) is 125 Å². The van der Waals surface area contributed by atoms with Crippen LogP contribution in [0.5, 0.6) is 0 Å². The quantitative estimate of drug-likeness (QED) is 0.270. The van der Waals surface area contributed by atoms with Crippen LogP contribution in [-0.2, 0) is 28.7 Å². The Morgan fingerprint density at radius 2 is 1.79 bits per heavy atom. The molecule has 4 heterocycles. The number of nitrogens with one attached hydrogen (secondary N) is 1. The number of hydrogen-bond acceptors (Lipinski definition) is 7. The summed E-state index contributed by atoms with van der Waals surface area (Å²) in [6.45, 7) is 4.74. The molecule has 0 unspecified atom stereocenters. The Bertz CT molecular complexity index is 1250. The van der Waals surface area contributed by atoms with Gasteiger partial charge >= 0.3 is 5.97 Å². The fourth-order valence-electron chi connectivity index (χ4n) is 6.85. The van der Waals surface area contributed by atoms with Crippen molar-refractivity contribution in [3.05, 3.63) is 60.2 Å². The van der Waals surface area contributed by atoms with Crippen LogP contribution in [0.3, 0.4) is 0 Å². The summed E-state index contributed by atoms with van der Waals surface area (Å²) < 4.78 is 12.5. The molecule has 0 saturated carbocycles. The standard InChI is InChI=1S/C33H43N3O7/c1-22(2)35-18-11-6-9-15-26(38)34-21-25(23-13-7-5-8-14-23)42-32(41)27-24-16-17-33(43-24)28(27)30(39)36(29(33)31(35)40)19-10-3-4-12-20-37/h5-8,11,13-14,16-17,22,24-25,27-29,37H,3-4,9-10,12,15,18-21H2,1-2H3,(H,34,38)/b11-6-/t24-,25-,27+,28+,29-,33+/m1/s1. The van der Waals surface area contributed by atoms with Crippen molar-refractivity contribution in [3.8, 4) is 0 Å². The van der Waals surface area contributed by atoms with Crippen molar-refractivity contribution in [2.45, 2.75) is 82.3 Å². The highest BCUT2D eigenvalue weighted by molar-refractivity contribution is 5.99. The van der Waals surface area contributed by atoms with E-state index >= 15 is 0 Å². The highest BCUT2D eigenvalue weighted by Crippen LogP contribution is 2.56. The number of rotatable bonds is 8. The van der Waals surface area contributed by atoms with E-state index < -0.39 is 41.7 Å². The summed E-state index contributed by atoms with van der Waals surface area (Å²) in [6, 6.07) is 8.14. The van der Waals surface area contributed by atoms with Gasteiger partial charge in [0.25, 0.3) is 0 Å². The molecular formula is C33H43N3O7. The minimum Gasteiger partial charge on any atom is -0.455 e. The molecule has 10 heteroatoms. The zero-order chi connectivity index (χ0) is 30.6. The summed E-state index contributed by atoms with van der Waals surface area (Å²) in [4.78, 5) is 58.6. The van der Waals surface area contributed by atoms with E-state index in [-0.39, 0.29) is 43.3 Å². The number of ether oxygens (including phenoxy) is 2. The van der Waals surface area contributed by atoms with Gasteiger partial charge in [0, 0.05) is 32.2 Å². The van der Waals surface area contributed by atoms with Gasteiger partial charge < -0.3 is 29.7 Å². The Morgan fingerprint density at radius 1 is 1.02 bits per heavy atom. The van der Waals surface area contributed by atoms with Crippen molar-refractivity contribution in [3.63, 3.8) is 0 Å². The number of esters is 1. The van der Waals surface area contributed by atoms with E-state index in [2.05, 4.69) is 5.32 Å². The molecule has 3 amide bonds. The Hall–Kier alpha value is -3.50. The van der Waals surface area contributed by atoms with Gasteiger partial charge in [0.05, 0.1) is 18.6 Å². The van der Waals surface area contributed by atoms with Crippen molar-refractivity contribution >= 4 is 23.7 Å². The number of unbranched alkanes of at least 4 members (excludes halogenated alkanes) is 3. The molecule has 0 aromatic heterocycles. The van der Waals surface area contributed by atoms with Crippen LogP contribution in [-0.4, -0.2) is 88.6 Å². The summed E-state index contributed by atoms with van der Waals surface area (Å²) in [6.07, 6.45) is 9.65. The minimum atomic E-state index is -1.27. The minimum absolute atomic E-state index is 0.0956. The van der Waals surface area contributed by atoms with E-state index in [1.54, 1.807) is 15.9 Å². The molecule has 232 valence electrons. The lowest BCUT2D eigenvalue weighted by atomic mass is 9.74. The Labute approximate surface area is 253 Å². The number of hydrogen-bond donors (Lipinski definition) is 2. The van der Waals surface area contributed by atoms with Gasteiger partial charge in [-0.2, -0.15) is 0 Å². The van der Waals surface area contributed by atoms with E-state index in [0.717, 1.165) is 18.4 Å². The zero-order valence-electron chi connectivity index (χ0n) is 25.0. The number of amides is 3. The van der Waals surface area contributed by atoms with Gasteiger partial charge in [-0.1, -0.05) is 67.5 Å². The number of nitrogens with zero attached hydrogens (tertiary/aromatic N) is 2. The second-order valence-corrected chi connectivity index (χ2v) is 12.1. The number of allylic oxidation sites excluding steroid dienone is 1. The first-order valence-corrected chi connectivity index (χ1v) is 15.5. The molecule has 4 aliphatic rings. The van der Waals surface area contributed by atoms with E-state index in [1.807, 2.05) is 62.4 Å². The highest BCUT2D eigenvalue weighted by atomic mass is 16.6. The summed E-state index contributed by atoms with van der Waals surface area (Å²) in [5, 5.41) is 12.1. The number of fused-ring (bicyclic) bond motifs is 2. The second kappa shape index (κ2) is 13.4. The molecular weight excluding hydrogens is 550 g/mol. The SMILES string of the molecule is CC(C)N1C/C=C\CCC(=O)NC[C@H](c2ccccc2)OC(=O)[C@@H]2[C@H]3C(=O)N(CCCCCCO)[C@H](C1=O)[C@]31C=C[C@H]2O1. The van der Waals surface area contributed by atoms with Crippen LogP contribution < -0.4 is 5.32 Å². The monoisotopic (exact) mass is 593 g/mol. The third-order valence-electron chi connectivity index (χ3n) is 9.01. The average molecular weight is 594 g/mol. The summed E-state index contributed by atoms with van der Waals surface area (Å²) >= 11 is 0. The van der Waals surface area contributed by atoms with E-state index in [0.29, 0.717) is 32.4 Å². The van der Waals surface area contributed by atoms with E-state index in [4.69, 9.17) is 9.47 Å². The molecule has 10 nitrogen and oxygen atoms in total. The van der Waals surface area contributed by atoms with Crippen molar-refractivity contribution in [2.75, 3.05) is 26.2 Å². The predicted octanol–water partition coefficient (Wildman–Crippen LogP) is 2.68. The fourth-order valence-corrected chi connectivity index (χ4v) is 6.85. The van der Waals surface area contributed by atoms with Gasteiger partial charge in [0.15, 0.2) is 0 Å². The Kier molecular flexibility index (Phi) is 9.66. The first-order chi connectivity index (χ1) is 20.8. The maximum Gasteiger partial charge on any atom is 0.313 e. The normalized spacial score (nSPS) is 31.9. The molecule has 6 atom stereocenters. The lowest BCUT2D eigenvalue weighted by Gasteiger charge is -2.37. The second-order valence-electron chi connectivity index (χ2n) is 12.1. The molecule has 5 bridgehead atoms. The van der Waals surface area contributed by atoms with Crippen LogP contribution >= 0.6 is 0 Å². The molecule has 4 aliphatic heterocycles. The molecule has 1 aromatic carbocycles. The summed E-state index contributed by atoms with van der Waals surface area (Å²) in [5.74, 6) is -3.07. The van der Waals surface area contributed by atoms with Crippen molar-refractivity contribution < 1.29 is 33.8 Å². The molecule has 43 heavy (non-hydrogen) atoms. The fraction of sp³-hybridized carbons (Fsp3) is 0.576. The van der Waals surface area contributed by atoms with Crippen LogP contribution in [0.1, 0.15) is 64.0 Å². The number of carbonyl (C=O) groups is 4. The number of carbonyl (C=O) groups excluding carboxylic acids is 4. The van der Waals surface area contributed by atoms with Crippen LogP contribution in [0.2, 0.25) is 0 Å². The number of cyclic esters (lactones) is 1. The average Bonchev–Trinajstić information content (AvgIpc) is 3.63. The maximum atomic E-state index is 14.4. The van der Waals surface area contributed by atoms with Crippen LogP contribution in [0.15, 0.2) is 54.6 Å². The van der Waals surface area contributed by atoms with Crippen LogP contribution in [0, 0.1) is 11.8 Å². The van der Waals surface area contributed by atoms with E-state index in [9.17, 15) is 24.3 Å². The lowest BCUT2D eigenvalue weighted by molar-refractivity contribution is -0.159. The van der Waals surface area contributed by atoms with Crippen LogP contribution in [0.25, 0.3) is 0 Å². The van der Waals surface area contributed by atoms with Gasteiger partial charge in [-0.25, -0.2) is 0 Å². The molecule has 1 aromatic rings. The third kappa shape index (κ3) is 6.13. The molecule has 2 fully saturated rings. The van der Waals surface area contributed by atoms with E-state index in [1.165, 1.54) is 0 Å². The summed E-state index contributed by atoms with van der Waals surface area (Å²) in [5.41, 5.74) is -0.541. The van der Waals surface area contributed by atoms with Crippen molar-refractivity contribution in [2.24, 2.45) is 11.8 Å². The maximum absolute atomic E-state index is 14.4. The Balaban J connectivity index is 1.51. The van der Waals surface area contributed by atoms with Gasteiger partial charge in [0.2, 0.25) is 17.7 Å². The Morgan fingerprint density at radius 3 is 2.53 bits per heavy atom. The molecule has 2 saturated heterocycles. The smallest absolute Gasteiger partial charge is 0.313 e. The summed E-state index contributed by atoms with van der Waals surface area (Å²) in [7, 11) is 0. The molecule has 1 spiro atoms. The molecule has 0 aliphatic carbocycles. The van der Waals surface area contributed by atoms with Gasteiger partial charge in [0.1, 0.15) is 23.7 Å². The molecule has 5 rings (SSSR count). The highest BCUT2D eigenvalue weighted by Gasteiger charge is 2.73. The van der Waals surface area contributed by atoms with Crippen LogP contribution in [0.4, 0.5) is 0 Å².